The minimum atomic E-state index is -0.0177. The van der Waals surface area contributed by atoms with E-state index in [1.807, 2.05) is 11.8 Å². The van der Waals surface area contributed by atoms with Gasteiger partial charge in [-0.05, 0) is 19.3 Å². The highest BCUT2D eigenvalue weighted by Gasteiger charge is 2.32. The summed E-state index contributed by atoms with van der Waals surface area (Å²) in [5, 5.41) is 0. The number of carbonyl (C=O) groups is 1. The van der Waals surface area contributed by atoms with Gasteiger partial charge >= 0.3 is 0 Å². The Morgan fingerprint density at radius 1 is 1.29 bits per heavy atom. The van der Waals surface area contributed by atoms with Crippen LogP contribution >= 0.6 is 0 Å². The second kappa shape index (κ2) is 5.83. The van der Waals surface area contributed by atoms with Gasteiger partial charge in [-0.25, -0.2) is 0 Å². The van der Waals surface area contributed by atoms with Crippen LogP contribution < -0.4 is 0 Å². The van der Waals surface area contributed by atoms with Crippen LogP contribution in [0.25, 0.3) is 0 Å². The van der Waals surface area contributed by atoms with E-state index in [1.54, 1.807) is 0 Å². The molecule has 4 heteroatoms. The van der Waals surface area contributed by atoms with E-state index in [-0.39, 0.29) is 12.2 Å². The van der Waals surface area contributed by atoms with Crippen LogP contribution in [0.15, 0.2) is 0 Å². The first kappa shape index (κ1) is 12.8. The number of hydrogen-bond donors (Lipinski definition) is 0. The van der Waals surface area contributed by atoms with E-state index in [2.05, 4.69) is 6.92 Å². The molecule has 2 heterocycles. The van der Waals surface area contributed by atoms with Gasteiger partial charge in [0.15, 0.2) is 6.29 Å². The summed E-state index contributed by atoms with van der Waals surface area (Å²) in [5.74, 6) is 0.934. The predicted molar refractivity (Wildman–Crippen MR) is 64.5 cm³/mol. The normalized spacial score (nSPS) is 25.2. The molecule has 0 saturated carbocycles. The van der Waals surface area contributed by atoms with Crippen molar-refractivity contribution in [2.75, 3.05) is 26.3 Å². The zero-order valence-corrected chi connectivity index (χ0v) is 10.9. The summed E-state index contributed by atoms with van der Waals surface area (Å²) in [7, 11) is 0. The molecule has 1 unspecified atom stereocenters. The van der Waals surface area contributed by atoms with E-state index in [0.29, 0.717) is 11.8 Å². The van der Waals surface area contributed by atoms with Gasteiger partial charge in [0.1, 0.15) is 0 Å². The van der Waals surface area contributed by atoms with Crippen molar-refractivity contribution in [2.24, 2.45) is 11.8 Å². The van der Waals surface area contributed by atoms with E-state index < -0.39 is 0 Å². The molecule has 0 spiro atoms. The molecule has 98 valence electrons. The van der Waals surface area contributed by atoms with Gasteiger partial charge in [0.25, 0.3) is 0 Å². The van der Waals surface area contributed by atoms with Gasteiger partial charge in [-0.3, -0.25) is 4.79 Å². The highest BCUT2D eigenvalue weighted by molar-refractivity contribution is 5.78. The Balaban J connectivity index is 1.79. The standard InChI is InChI=1S/C13H23NO3/c1-3-10(2)12(15)14-6-4-11(5-7-14)13-16-8-9-17-13/h10-11,13H,3-9H2,1-2H3. The van der Waals surface area contributed by atoms with Gasteiger partial charge < -0.3 is 14.4 Å². The molecule has 17 heavy (non-hydrogen) atoms. The Kier molecular flexibility index (Phi) is 4.40. The predicted octanol–water partition coefficient (Wildman–Crippen LogP) is 1.64. The van der Waals surface area contributed by atoms with Gasteiger partial charge in [0.2, 0.25) is 5.91 Å². The maximum Gasteiger partial charge on any atom is 0.225 e. The van der Waals surface area contributed by atoms with E-state index in [1.165, 1.54) is 0 Å². The number of ether oxygens (including phenoxy) is 2. The van der Waals surface area contributed by atoms with Gasteiger partial charge in [0, 0.05) is 24.9 Å². The lowest BCUT2D eigenvalue weighted by molar-refractivity contribution is -0.140. The molecule has 2 aliphatic heterocycles. The third-order valence-electron chi connectivity index (χ3n) is 3.92. The molecular formula is C13H23NO3. The highest BCUT2D eigenvalue weighted by Crippen LogP contribution is 2.26. The van der Waals surface area contributed by atoms with Crippen LogP contribution in [0.2, 0.25) is 0 Å². The first-order valence-electron chi connectivity index (χ1n) is 6.74. The summed E-state index contributed by atoms with van der Waals surface area (Å²) < 4.78 is 11.1. The molecular weight excluding hydrogens is 218 g/mol. The van der Waals surface area contributed by atoms with Crippen LogP contribution in [0.1, 0.15) is 33.1 Å². The van der Waals surface area contributed by atoms with Crippen molar-refractivity contribution in [3.05, 3.63) is 0 Å². The number of hydrogen-bond acceptors (Lipinski definition) is 3. The molecule has 2 aliphatic rings. The fraction of sp³-hybridized carbons (Fsp3) is 0.923. The second-order valence-corrected chi connectivity index (χ2v) is 5.08. The van der Waals surface area contributed by atoms with Crippen LogP contribution in [0.4, 0.5) is 0 Å². The lowest BCUT2D eigenvalue weighted by Gasteiger charge is -2.35. The third-order valence-corrected chi connectivity index (χ3v) is 3.92. The number of carbonyl (C=O) groups excluding carboxylic acids is 1. The third kappa shape index (κ3) is 2.99. The number of likely N-dealkylation sites (tertiary alicyclic amines) is 1. The summed E-state index contributed by atoms with van der Waals surface area (Å²) >= 11 is 0. The van der Waals surface area contributed by atoms with Crippen molar-refractivity contribution in [3.63, 3.8) is 0 Å². The Hall–Kier alpha value is -0.610. The Labute approximate surface area is 103 Å². The average Bonchev–Trinajstić information content (AvgIpc) is 2.91. The van der Waals surface area contributed by atoms with Crippen molar-refractivity contribution in [3.8, 4) is 0 Å². The zero-order valence-electron chi connectivity index (χ0n) is 10.9. The SMILES string of the molecule is CCC(C)C(=O)N1CCC(C2OCCO2)CC1. The number of nitrogens with zero attached hydrogens (tertiary/aromatic N) is 1. The molecule has 1 atom stereocenters. The molecule has 0 aromatic heterocycles. The van der Waals surface area contributed by atoms with Gasteiger partial charge in [-0.15, -0.1) is 0 Å². The van der Waals surface area contributed by atoms with Crippen LogP contribution in [0, 0.1) is 11.8 Å². The topological polar surface area (TPSA) is 38.8 Å². The van der Waals surface area contributed by atoms with E-state index in [0.717, 1.165) is 45.6 Å². The van der Waals surface area contributed by atoms with Crippen molar-refractivity contribution in [1.29, 1.82) is 0 Å². The summed E-state index contributed by atoms with van der Waals surface area (Å²) in [6.45, 7) is 7.23. The van der Waals surface area contributed by atoms with Gasteiger partial charge in [-0.1, -0.05) is 13.8 Å². The summed E-state index contributed by atoms with van der Waals surface area (Å²) in [6.07, 6.45) is 2.92. The van der Waals surface area contributed by atoms with Crippen molar-refractivity contribution < 1.29 is 14.3 Å². The van der Waals surface area contributed by atoms with Gasteiger partial charge in [0.05, 0.1) is 13.2 Å². The summed E-state index contributed by atoms with van der Waals surface area (Å²) in [6, 6.07) is 0. The first-order chi connectivity index (χ1) is 8.22. The second-order valence-electron chi connectivity index (χ2n) is 5.08. The maximum atomic E-state index is 12.0. The Bertz CT molecular complexity index is 255. The zero-order chi connectivity index (χ0) is 12.3. The molecule has 0 aliphatic carbocycles. The fourth-order valence-electron chi connectivity index (χ4n) is 2.53. The van der Waals surface area contributed by atoms with E-state index in [9.17, 15) is 4.79 Å². The minimum absolute atomic E-state index is 0.0177. The van der Waals surface area contributed by atoms with E-state index in [4.69, 9.17) is 9.47 Å². The van der Waals surface area contributed by atoms with E-state index >= 15 is 0 Å². The monoisotopic (exact) mass is 241 g/mol. The lowest BCUT2D eigenvalue weighted by Crippen LogP contribution is -2.43. The fourth-order valence-corrected chi connectivity index (χ4v) is 2.53. The van der Waals surface area contributed by atoms with Crippen LogP contribution in [0.5, 0.6) is 0 Å². The molecule has 1 amide bonds. The quantitative estimate of drug-likeness (QED) is 0.754. The largest absolute Gasteiger partial charge is 0.350 e. The molecule has 0 aromatic rings. The Morgan fingerprint density at radius 3 is 2.41 bits per heavy atom. The molecule has 0 aromatic carbocycles. The van der Waals surface area contributed by atoms with Crippen LogP contribution in [-0.4, -0.2) is 43.4 Å². The first-order valence-corrected chi connectivity index (χ1v) is 6.74. The average molecular weight is 241 g/mol. The summed E-state index contributed by atoms with van der Waals surface area (Å²) in [4.78, 5) is 14.0. The molecule has 2 saturated heterocycles. The van der Waals surface area contributed by atoms with Crippen LogP contribution in [0.3, 0.4) is 0 Å². The van der Waals surface area contributed by atoms with Gasteiger partial charge in [-0.2, -0.15) is 0 Å². The molecule has 0 N–H and O–H groups in total. The molecule has 0 bridgehead atoms. The van der Waals surface area contributed by atoms with Crippen molar-refractivity contribution in [2.45, 2.75) is 39.4 Å². The maximum absolute atomic E-state index is 12.0. The highest BCUT2D eigenvalue weighted by atomic mass is 16.7. The number of rotatable bonds is 3. The summed E-state index contributed by atoms with van der Waals surface area (Å²) in [5.41, 5.74) is 0. The van der Waals surface area contributed by atoms with Crippen molar-refractivity contribution >= 4 is 5.91 Å². The Morgan fingerprint density at radius 2 is 1.88 bits per heavy atom. The number of amides is 1. The minimum Gasteiger partial charge on any atom is -0.350 e. The lowest BCUT2D eigenvalue weighted by atomic mass is 9.95. The van der Waals surface area contributed by atoms with Crippen LogP contribution in [-0.2, 0) is 14.3 Å². The number of piperidine rings is 1. The molecule has 2 rings (SSSR count). The van der Waals surface area contributed by atoms with Crippen molar-refractivity contribution in [1.82, 2.24) is 4.90 Å². The smallest absolute Gasteiger partial charge is 0.225 e. The molecule has 2 fully saturated rings. The molecule has 0 radical (unpaired) electrons. The molecule has 4 nitrogen and oxygen atoms in total.